The van der Waals surface area contributed by atoms with Gasteiger partial charge < -0.3 is 15.5 Å². The van der Waals surface area contributed by atoms with E-state index in [0.29, 0.717) is 5.82 Å². The third kappa shape index (κ3) is 4.76. The molecule has 0 bridgehead atoms. The lowest BCUT2D eigenvalue weighted by Gasteiger charge is -2.28. The molecule has 0 fully saturated rings. The number of hydrogen-bond acceptors (Lipinski definition) is 3. The van der Waals surface area contributed by atoms with Gasteiger partial charge in [0.1, 0.15) is 12.0 Å². The van der Waals surface area contributed by atoms with Crippen molar-refractivity contribution in [3.8, 4) is 0 Å². The maximum Gasteiger partial charge on any atom is 0.318 e. The molecule has 0 saturated carbocycles. The quantitative estimate of drug-likeness (QED) is 0.666. The van der Waals surface area contributed by atoms with Gasteiger partial charge in [0.2, 0.25) is 3.79 Å². The number of carbonyl (C=O) groups excluding carboxylic acids is 1. The number of hydrogen-bond donors (Lipinski definition) is 2. The predicted molar refractivity (Wildman–Crippen MR) is 74.2 cm³/mol. The Morgan fingerprint density at radius 3 is 2.50 bits per heavy atom. The molecule has 2 amide bonds. The van der Waals surface area contributed by atoms with E-state index < -0.39 is 9.96 Å². The third-order valence-corrected chi connectivity index (χ3v) is 2.61. The molecule has 0 aromatic carbocycles. The molecule has 8 heteroatoms. The van der Waals surface area contributed by atoms with E-state index >= 15 is 0 Å². The topological polar surface area (TPSA) is 57.3 Å². The molecule has 1 heterocycles. The van der Waals surface area contributed by atoms with Gasteiger partial charge in [0.05, 0.1) is 0 Å². The first kappa shape index (κ1) is 15.1. The number of nitrogens with zero attached hydrogens (tertiary/aromatic N) is 2. The molecule has 5 nitrogen and oxygen atoms in total. The minimum atomic E-state index is -1.71. The Hall–Kier alpha value is -0.910. The van der Waals surface area contributed by atoms with Gasteiger partial charge in [0, 0.05) is 20.3 Å². The van der Waals surface area contributed by atoms with Crippen molar-refractivity contribution < 1.29 is 4.79 Å². The smallest absolute Gasteiger partial charge is 0.318 e. The van der Waals surface area contributed by atoms with E-state index in [4.69, 9.17) is 34.8 Å². The van der Waals surface area contributed by atoms with Crippen LogP contribution in [0, 0.1) is 0 Å². The van der Waals surface area contributed by atoms with Gasteiger partial charge in [-0.2, -0.15) is 0 Å². The molecule has 1 rings (SSSR count). The van der Waals surface area contributed by atoms with Crippen molar-refractivity contribution in [2.75, 3.05) is 19.4 Å². The van der Waals surface area contributed by atoms with Crippen LogP contribution in [0.4, 0.5) is 10.6 Å². The summed E-state index contributed by atoms with van der Waals surface area (Å²) in [5.74, 6) is 0.493. The van der Waals surface area contributed by atoms with Crippen LogP contribution in [0.3, 0.4) is 0 Å². The van der Waals surface area contributed by atoms with E-state index in [-0.39, 0.29) is 6.03 Å². The van der Waals surface area contributed by atoms with Crippen LogP contribution in [-0.4, -0.2) is 40.0 Å². The van der Waals surface area contributed by atoms with Gasteiger partial charge in [-0.1, -0.05) is 40.9 Å². The molecule has 1 atom stereocenters. The Morgan fingerprint density at radius 2 is 2.06 bits per heavy atom. The summed E-state index contributed by atoms with van der Waals surface area (Å²) in [7, 11) is 3.18. The average molecular weight is 312 g/mol. The predicted octanol–water partition coefficient (Wildman–Crippen LogP) is 2.46. The lowest BCUT2D eigenvalue weighted by Crippen LogP contribution is -2.52. The molecule has 0 radical (unpaired) electrons. The summed E-state index contributed by atoms with van der Waals surface area (Å²) in [6.07, 6.45) is 0.693. The molecular formula is C10H13Cl3N4O. The fourth-order valence-corrected chi connectivity index (χ4v) is 1.38. The van der Waals surface area contributed by atoms with Gasteiger partial charge in [-0.25, -0.2) is 9.78 Å². The summed E-state index contributed by atoms with van der Waals surface area (Å²) >= 11 is 17.4. The highest BCUT2D eigenvalue weighted by atomic mass is 35.6. The van der Waals surface area contributed by atoms with Gasteiger partial charge in [-0.05, 0) is 12.1 Å². The monoisotopic (exact) mass is 310 g/mol. The number of urea groups is 1. The molecular weight excluding hydrogens is 298 g/mol. The highest BCUT2D eigenvalue weighted by Crippen LogP contribution is 2.30. The van der Waals surface area contributed by atoms with Crippen molar-refractivity contribution in [1.29, 1.82) is 0 Å². The molecule has 2 N–H and O–H groups in total. The Bertz CT molecular complexity index is 394. The first-order valence-corrected chi connectivity index (χ1v) is 6.16. The first-order valence-electron chi connectivity index (χ1n) is 5.03. The third-order valence-electron chi connectivity index (χ3n) is 1.96. The zero-order valence-electron chi connectivity index (χ0n) is 9.82. The number of aromatic nitrogens is 1. The number of halogens is 3. The SMILES string of the molecule is CN(C)C(=O)NC(Nc1ccccn1)C(Cl)(Cl)Cl. The second kappa shape index (κ2) is 6.31. The molecule has 0 aliphatic carbocycles. The van der Waals surface area contributed by atoms with E-state index in [9.17, 15) is 4.79 Å². The summed E-state index contributed by atoms with van der Waals surface area (Å²) < 4.78 is -1.71. The van der Waals surface area contributed by atoms with Crippen molar-refractivity contribution in [2.24, 2.45) is 0 Å². The van der Waals surface area contributed by atoms with Crippen LogP contribution in [0.2, 0.25) is 0 Å². The number of anilines is 1. The Morgan fingerprint density at radius 1 is 1.39 bits per heavy atom. The van der Waals surface area contributed by atoms with Gasteiger partial charge in [-0.15, -0.1) is 0 Å². The fraction of sp³-hybridized carbons (Fsp3) is 0.400. The fourth-order valence-electron chi connectivity index (χ4n) is 1.05. The van der Waals surface area contributed by atoms with Crippen LogP contribution in [0.15, 0.2) is 24.4 Å². The van der Waals surface area contributed by atoms with Crippen molar-refractivity contribution in [1.82, 2.24) is 15.2 Å². The maximum atomic E-state index is 11.6. The summed E-state index contributed by atoms with van der Waals surface area (Å²) in [6.45, 7) is 0. The second-order valence-corrected chi connectivity index (χ2v) is 6.05. The molecule has 1 aromatic rings. The maximum absolute atomic E-state index is 11.6. The largest absolute Gasteiger partial charge is 0.346 e. The van der Waals surface area contributed by atoms with Crippen LogP contribution in [-0.2, 0) is 0 Å². The number of nitrogens with one attached hydrogen (secondary N) is 2. The van der Waals surface area contributed by atoms with E-state index in [1.807, 2.05) is 0 Å². The van der Waals surface area contributed by atoms with Crippen LogP contribution in [0.1, 0.15) is 0 Å². The minimum Gasteiger partial charge on any atom is -0.346 e. The van der Waals surface area contributed by atoms with Crippen LogP contribution in [0.25, 0.3) is 0 Å². The lowest BCUT2D eigenvalue weighted by molar-refractivity contribution is 0.214. The highest BCUT2D eigenvalue weighted by Gasteiger charge is 2.34. The van der Waals surface area contributed by atoms with Gasteiger partial charge in [-0.3, -0.25) is 0 Å². The highest BCUT2D eigenvalue weighted by molar-refractivity contribution is 6.68. The average Bonchev–Trinajstić information content (AvgIpc) is 2.28. The minimum absolute atomic E-state index is 0.380. The molecule has 100 valence electrons. The number of pyridine rings is 1. The van der Waals surface area contributed by atoms with Crippen LogP contribution < -0.4 is 10.6 Å². The zero-order valence-corrected chi connectivity index (χ0v) is 12.1. The normalized spacial score (nSPS) is 12.7. The van der Waals surface area contributed by atoms with Crippen LogP contribution in [0.5, 0.6) is 0 Å². The van der Waals surface area contributed by atoms with Crippen molar-refractivity contribution >= 4 is 46.7 Å². The van der Waals surface area contributed by atoms with Crippen LogP contribution >= 0.6 is 34.8 Å². The number of alkyl halides is 3. The summed E-state index contributed by atoms with van der Waals surface area (Å²) in [5, 5.41) is 5.38. The molecule has 1 aromatic heterocycles. The Labute approximate surface area is 120 Å². The lowest BCUT2D eigenvalue weighted by atomic mass is 10.4. The van der Waals surface area contributed by atoms with Crippen molar-refractivity contribution in [3.63, 3.8) is 0 Å². The molecule has 0 saturated heterocycles. The Kier molecular flexibility index (Phi) is 5.31. The molecule has 0 aliphatic heterocycles. The summed E-state index contributed by atoms with van der Waals surface area (Å²) in [6, 6.07) is 4.85. The standard InChI is InChI=1S/C10H13Cl3N4O/c1-17(2)9(18)16-8(10(11,12)13)15-7-5-3-4-6-14-7/h3-6,8H,1-2H3,(H,14,15)(H,16,18). The van der Waals surface area contributed by atoms with E-state index in [1.54, 1.807) is 38.5 Å². The second-order valence-electron chi connectivity index (χ2n) is 3.68. The Balaban J connectivity index is 2.77. The van der Waals surface area contributed by atoms with Gasteiger partial charge >= 0.3 is 6.03 Å². The van der Waals surface area contributed by atoms with Gasteiger partial charge in [0.15, 0.2) is 0 Å². The van der Waals surface area contributed by atoms with Gasteiger partial charge in [0.25, 0.3) is 0 Å². The number of carbonyl (C=O) groups is 1. The van der Waals surface area contributed by atoms with E-state index in [2.05, 4.69) is 15.6 Å². The molecule has 0 aliphatic rings. The molecule has 18 heavy (non-hydrogen) atoms. The first-order chi connectivity index (χ1) is 8.30. The van der Waals surface area contributed by atoms with E-state index in [1.165, 1.54) is 4.90 Å². The summed E-state index contributed by atoms with van der Waals surface area (Å²) in [4.78, 5) is 16.9. The van der Waals surface area contributed by atoms with E-state index in [0.717, 1.165) is 0 Å². The van der Waals surface area contributed by atoms with Crippen molar-refractivity contribution in [2.45, 2.75) is 9.96 Å². The summed E-state index contributed by atoms with van der Waals surface area (Å²) in [5.41, 5.74) is 0. The molecule has 0 spiro atoms. The molecule has 1 unspecified atom stereocenters. The zero-order chi connectivity index (χ0) is 13.8. The number of amides is 2. The number of rotatable bonds is 3. The van der Waals surface area contributed by atoms with Crippen molar-refractivity contribution in [3.05, 3.63) is 24.4 Å².